The predicted molar refractivity (Wildman–Crippen MR) is 149 cm³/mol. The molecule has 2 aromatic heterocycles. The van der Waals surface area contributed by atoms with Crippen LogP contribution in [0, 0.1) is 0 Å². The molecule has 1 atom stereocenters. The number of anilines is 4. The van der Waals surface area contributed by atoms with Crippen molar-refractivity contribution in [2.24, 2.45) is 5.73 Å². The topological polar surface area (TPSA) is 128 Å². The van der Waals surface area contributed by atoms with Gasteiger partial charge in [0.1, 0.15) is 11.5 Å². The lowest BCUT2D eigenvalue weighted by molar-refractivity contribution is -0.111. The molecule has 2 aromatic carbocycles. The Kier molecular flexibility index (Phi) is 7.43. The number of nitrogens with two attached hydrogens (primary N) is 1. The number of nitrogens with zero attached hydrogens (tertiary/aromatic N) is 4. The Balaban J connectivity index is 1.46. The van der Waals surface area contributed by atoms with Crippen LogP contribution in [0.5, 0.6) is 5.88 Å². The van der Waals surface area contributed by atoms with Crippen molar-refractivity contribution in [1.29, 1.82) is 0 Å². The minimum atomic E-state index is -0.269. The van der Waals surface area contributed by atoms with Gasteiger partial charge in [-0.25, -0.2) is 9.97 Å². The van der Waals surface area contributed by atoms with Crippen LogP contribution in [0.2, 0.25) is 0 Å². The van der Waals surface area contributed by atoms with E-state index in [4.69, 9.17) is 25.2 Å². The van der Waals surface area contributed by atoms with Crippen molar-refractivity contribution in [2.75, 3.05) is 48.9 Å². The molecule has 0 radical (unpaired) electrons. The number of methoxy groups -OCH3 is 1. The van der Waals surface area contributed by atoms with Crippen LogP contribution < -0.4 is 26.0 Å². The lowest BCUT2D eigenvalue weighted by Gasteiger charge is -2.35. The number of fused-ring (bicyclic) bond motifs is 1. The highest BCUT2D eigenvalue weighted by Crippen LogP contribution is 2.32. The maximum Gasteiger partial charge on any atom is 0.247 e. The van der Waals surface area contributed by atoms with Gasteiger partial charge >= 0.3 is 0 Å². The molecular formula is C28H29N7O3. The molecule has 1 aliphatic heterocycles. The Hall–Kier alpha value is -4.54. The van der Waals surface area contributed by atoms with Gasteiger partial charge in [-0.2, -0.15) is 4.98 Å². The van der Waals surface area contributed by atoms with E-state index in [0.717, 1.165) is 27.8 Å². The van der Waals surface area contributed by atoms with E-state index in [9.17, 15) is 4.79 Å². The van der Waals surface area contributed by atoms with Crippen LogP contribution in [-0.4, -0.2) is 60.3 Å². The molecule has 10 nitrogen and oxygen atoms in total. The Labute approximate surface area is 220 Å². The minimum absolute atomic E-state index is 0.0607. The molecule has 0 spiro atoms. The number of hydrogen-bond donors (Lipinski definition) is 3. The van der Waals surface area contributed by atoms with Crippen LogP contribution in [0.4, 0.5) is 23.1 Å². The second kappa shape index (κ2) is 11.2. The number of rotatable bonds is 8. The third-order valence-electron chi connectivity index (χ3n) is 6.32. The summed E-state index contributed by atoms with van der Waals surface area (Å²) < 4.78 is 11.1. The first-order valence-corrected chi connectivity index (χ1v) is 12.3. The van der Waals surface area contributed by atoms with Crippen LogP contribution in [0.3, 0.4) is 0 Å². The fourth-order valence-electron chi connectivity index (χ4n) is 4.42. The summed E-state index contributed by atoms with van der Waals surface area (Å²) in [6, 6.07) is 17.4. The van der Waals surface area contributed by atoms with Gasteiger partial charge in [0.15, 0.2) is 0 Å². The number of carbonyl (C=O) groups is 1. The highest BCUT2D eigenvalue weighted by molar-refractivity contribution is 6.00. The van der Waals surface area contributed by atoms with Gasteiger partial charge < -0.3 is 30.7 Å². The van der Waals surface area contributed by atoms with Crippen molar-refractivity contribution in [2.45, 2.75) is 6.04 Å². The quantitative estimate of drug-likeness (QED) is 0.303. The molecule has 4 aromatic rings. The SMILES string of the molecule is C=CC(=O)Nc1cccc(-c2cccc3cnc(Nc4ccc(N5CCOC[C@@H]5CN)nc4OC)nc23)c1. The zero-order valence-corrected chi connectivity index (χ0v) is 21.1. The number of para-hydroxylation sites is 1. The average molecular weight is 512 g/mol. The van der Waals surface area contributed by atoms with Gasteiger partial charge in [-0.1, -0.05) is 36.9 Å². The summed E-state index contributed by atoms with van der Waals surface area (Å²) >= 11 is 0. The standard InChI is InChI=1S/C28H29N7O3/c1-3-25(36)31-20-8-4-6-18(14-20)22-9-5-7-19-16-30-28(34-26(19)22)32-23-10-11-24(33-27(23)37-2)35-12-13-38-17-21(35)15-29/h3-11,14,16,21H,1,12-13,15,17,29H2,2H3,(H,31,36)(H,30,32,34)/t21-/m0/s1. The Morgan fingerprint density at radius 1 is 1.24 bits per heavy atom. The third-order valence-corrected chi connectivity index (χ3v) is 6.32. The first kappa shape index (κ1) is 25.1. The Morgan fingerprint density at radius 2 is 2.11 bits per heavy atom. The number of nitrogens with one attached hydrogen (secondary N) is 2. The Morgan fingerprint density at radius 3 is 2.92 bits per heavy atom. The summed E-state index contributed by atoms with van der Waals surface area (Å²) in [6.07, 6.45) is 3.01. The van der Waals surface area contributed by atoms with Crippen molar-refractivity contribution >= 4 is 40.0 Å². The largest absolute Gasteiger partial charge is 0.479 e. The monoisotopic (exact) mass is 511 g/mol. The molecule has 3 heterocycles. The van der Waals surface area contributed by atoms with E-state index in [2.05, 4.69) is 27.1 Å². The van der Waals surface area contributed by atoms with E-state index in [-0.39, 0.29) is 11.9 Å². The number of pyridine rings is 1. The van der Waals surface area contributed by atoms with Gasteiger partial charge in [-0.15, -0.1) is 0 Å². The zero-order chi connectivity index (χ0) is 26.5. The van der Waals surface area contributed by atoms with Crippen molar-refractivity contribution in [3.63, 3.8) is 0 Å². The molecule has 1 saturated heterocycles. The number of aromatic nitrogens is 3. The average Bonchev–Trinajstić information content (AvgIpc) is 2.97. The molecule has 1 fully saturated rings. The maximum absolute atomic E-state index is 11.8. The minimum Gasteiger partial charge on any atom is -0.479 e. The number of morpholine rings is 1. The third kappa shape index (κ3) is 5.26. The smallest absolute Gasteiger partial charge is 0.247 e. The molecule has 1 amide bonds. The maximum atomic E-state index is 11.8. The number of carbonyl (C=O) groups excluding carboxylic acids is 1. The molecule has 5 rings (SSSR count). The number of hydrogen-bond acceptors (Lipinski definition) is 9. The van der Waals surface area contributed by atoms with Gasteiger partial charge in [-0.3, -0.25) is 4.79 Å². The molecule has 194 valence electrons. The highest BCUT2D eigenvalue weighted by Gasteiger charge is 2.24. The Bertz CT molecular complexity index is 1480. The molecular weight excluding hydrogens is 482 g/mol. The van der Waals surface area contributed by atoms with Gasteiger partial charge in [0.25, 0.3) is 0 Å². The zero-order valence-electron chi connectivity index (χ0n) is 21.1. The lowest BCUT2D eigenvalue weighted by Crippen LogP contribution is -2.49. The lowest BCUT2D eigenvalue weighted by atomic mass is 10.0. The van der Waals surface area contributed by atoms with Crippen LogP contribution in [0.25, 0.3) is 22.0 Å². The van der Waals surface area contributed by atoms with Gasteiger partial charge in [0.2, 0.25) is 17.7 Å². The highest BCUT2D eigenvalue weighted by atomic mass is 16.5. The van der Waals surface area contributed by atoms with Gasteiger partial charge in [0, 0.05) is 35.9 Å². The van der Waals surface area contributed by atoms with Crippen LogP contribution in [-0.2, 0) is 9.53 Å². The van der Waals surface area contributed by atoms with Crippen LogP contribution >= 0.6 is 0 Å². The predicted octanol–water partition coefficient (Wildman–Crippen LogP) is 3.73. The first-order valence-electron chi connectivity index (χ1n) is 12.3. The van der Waals surface area contributed by atoms with E-state index >= 15 is 0 Å². The summed E-state index contributed by atoms with van der Waals surface area (Å²) in [5.74, 6) is 1.33. The normalized spacial score (nSPS) is 15.2. The van der Waals surface area contributed by atoms with E-state index < -0.39 is 0 Å². The van der Waals surface area contributed by atoms with E-state index in [1.165, 1.54) is 6.08 Å². The molecule has 10 heteroatoms. The van der Waals surface area contributed by atoms with E-state index in [0.29, 0.717) is 49.5 Å². The molecule has 1 aliphatic rings. The molecule has 4 N–H and O–H groups in total. The summed E-state index contributed by atoms with van der Waals surface area (Å²) in [6.45, 7) is 5.88. The molecule has 38 heavy (non-hydrogen) atoms. The summed E-state index contributed by atoms with van der Waals surface area (Å²) in [7, 11) is 1.58. The summed E-state index contributed by atoms with van der Waals surface area (Å²) in [5, 5.41) is 6.93. The molecule has 0 unspecified atom stereocenters. The number of benzene rings is 2. The van der Waals surface area contributed by atoms with Crippen molar-refractivity contribution in [3.05, 3.63) is 73.4 Å². The fraction of sp³-hybridized carbons (Fsp3) is 0.214. The fourth-order valence-corrected chi connectivity index (χ4v) is 4.42. The van der Waals surface area contributed by atoms with Gasteiger partial charge in [0.05, 0.1) is 31.9 Å². The van der Waals surface area contributed by atoms with E-state index in [1.807, 2.05) is 54.6 Å². The molecule has 0 saturated carbocycles. The van der Waals surface area contributed by atoms with E-state index in [1.54, 1.807) is 13.3 Å². The molecule has 0 bridgehead atoms. The summed E-state index contributed by atoms with van der Waals surface area (Å²) in [5.41, 5.74) is 9.82. The van der Waals surface area contributed by atoms with Gasteiger partial charge in [-0.05, 0) is 35.9 Å². The number of ether oxygens (including phenoxy) is 2. The van der Waals surface area contributed by atoms with Crippen molar-refractivity contribution in [1.82, 2.24) is 15.0 Å². The first-order chi connectivity index (χ1) is 18.6. The second-order valence-corrected chi connectivity index (χ2v) is 8.72. The molecule has 0 aliphatic carbocycles. The second-order valence-electron chi connectivity index (χ2n) is 8.72. The van der Waals surface area contributed by atoms with Crippen molar-refractivity contribution < 1.29 is 14.3 Å². The van der Waals surface area contributed by atoms with Crippen molar-refractivity contribution in [3.8, 4) is 17.0 Å². The summed E-state index contributed by atoms with van der Waals surface area (Å²) in [4.78, 5) is 27.9. The number of amides is 1. The van der Waals surface area contributed by atoms with Crippen LogP contribution in [0.1, 0.15) is 0 Å². The van der Waals surface area contributed by atoms with Crippen LogP contribution in [0.15, 0.2) is 73.4 Å².